The molecule has 0 aliphatic carbocycles. The van der Waals surface area contributed by atoms with Gasteiger partial charge in [0.25, 0.3) is 10.1 Å². The van der Waals surface area contributed by atoms with E-state index in [0.717, 1.165) is 6.26 Å². The lowest BCUT2D eigenvalue weighted by Gasteiger charge is -2.23. The number of hydrogen-bond donors (Lipinski definition) is 1. The molecule has 0 spiro atoms. The summed E-state index contributed by atoms with van der Waals surface area (Å²) in [7, 11) is -2.27. The minimum absolute atomic E-state index is 0.0131. The zero-order valence-electron chi connectivity index (χ0n) is 14.5. The maximum absolute atomic E-state index is 11.7. The standard InChI is InChI=1S/C14H27NO7S/c1-10(9-21-23(6,18)19)7-8-11(12(16)20-5)15-13(17)22-14(2,3)4/h10-11H,7-9H2,1-6H3,(H,15,17). The molecule has 23 heavy (non-hydrogen) atoms. The largest absolute Gasteiger partial charge is 0.467 e. The van der Waals surface area contributed by atoms with E-state index >= 15 is 0 Å². The fraction of sp³-hybridized carbons (Fsp3) is 0.857. The summed E-state index contributed by atoms with van der Waals surface area (Å²) in [6.07, 6.45) is 1.000. The van der Waals surface area contributed by atoms with E-state index in [1.807, 2.05) is 0 Å². The van der Waals surface area contributed by atoms with Gasteiger partial charge in [0.05, 0.1) is 20.0 Å². The number of ether oxygens (including phenoxy) is 2. The van der Waals surface area contributed by atoms with E-state index in [2.05, 4.69) is 10.1 Å². The molecule has 0 bridgehead atoms. The number of esters is 1. The van der Waals surface area contributed by atoms with Crippen LogP contribution in [0, 0.1) is 5.92 Å². The number of carbonyl (C=O) groups excluding carboxylic acids is 2. The van der Waals surface area contributed by atoms with Gasteiger partial charge in [-0.15, -0.1) is 0 Å². The summed E-state index contributed by atoms with van der Waals surface area (Å²) in [5.41, 5.74) is -0.679. The molecule has 8 nitrogen and oxygen atoms in total. The molecule has 0 aromatic carbocycles. The molecular weight excluding hydrogens is 326 g/mol. The van der Waals surface area contributed by atoms with Crippen molar-refractivity contribution in [2.75, 3.05) is 20.0 Å². The zero-order valence-corrected chi connectivity index (χ0v) is 15.4. The van der Waals surface area contributed by atoms with Gasteiger partial charge in [0.1, 0.15) is 11.6 Å². The normalized spacial score (nSPS) is 14.7. The van der Waals surface area contributed by atoms with E-state index < -0.39 is 33.8 Å². The Bertz CT molecular complexity index is 496. The first-order chi connectivity index (χ1) is 10.3. The summed E-state index contributed by atoms with van der Waals surface area (Å²) in [6, 6.07) is -0.865. The molecule has 0 heterocycles. The van der Waals surface area contributed by atoms with E-state index in [0.29, 0.717) is 6.42 Å². The van der Waals surface area contributed by atoms with E-state index in [1.165, 1.54) is 7.11 Å². The minimum Gasteiger partial charge on any atom is -0.467 e. The van der Waals surface area contributed by atoms with Crippen LogP contribution in [0.2, 0.25) is 0 Å². The fourth-order valence-corrected chi connectivity index (χ4v) is 2.09. The number of amides is 1. The Morgan fingerprint density at radius 2 is 1.74 bits per heavy atom. The molecule has 0 radical (unpaired) electrons. The van der Waals surface area contributed by atoms with E-state index in [4.69, 9.17) is 8.92 Å². The van der Waals surface area contributed by atoms with Gasteiger partial charge in [-0.05, 0) is 39.5 Å². The SMILES string of the molecule is COC(=O)C(CCC(C)COS(C)(=O)=O)NC(=O)OC(C)(C)C. The van der Waals surface area contributed by atoms with Crippen LogP contribution >= 0.6 is 0 Å². The highest BCUT2D eigenvalue weighted by Gasteiger charge is 2.25. The Hall–Kier alpha value is -1.35. The van der Waals surface area contributed by atoms with Gasteiger partial charge in [-0.2, -0.15) is 8.42 Å². The third-order valence-corrected chi connectivity index (χ3v) is 3.26. The van der Waals surface area contributed by atoms with Gasteiger partial charge in [0.15, 0.2) is 0 Å². The average molecular weight is 353 g/mol. The van der Waals surface area contributed by atoms with Crippen LogP contribution in [-0.2, 0) is 28.6 Å². The highest BCUT2D eigenvalue weighted by molar-refractivity contribution is 7.85. The molecule has 0 aliphatic heterocycles. The van der Waals surface area contributed by atoms with Gasteiger partial charge in [-0.25, -0.2) is 9.59 Å². The minimum atomic E-state index is -3.50. The Labute approximate surface area is 138 Å². The molecule has 2 atom stereocenters. The van der Waals surface area contributed by atoms with Gasteiger partial charge in [-0.1, -0.05) is 6.92 Å². The van der Waals surface area contributed by atoms with E-state index in [9.17, 15) is 18.0 Å². The van der Waals surface area contributed by atoms with Crippen molar-refractivity contribution in [3.8, 4) is 0 Å². The first kappa shape index (κ1) is 21.6. The number of hydrogen-bond acceptors (Lipinski definition) is 7. The number of nitrogens with one attached hydrogen (secondary N) is 1. The lowest BCUT2D eigenvalue weighted by atomic mass is 10.0. The van der Waals surface area contributed by atoms with Crippen LogP contribution in [0.1, 0.15) is 40.5 Å². The third-order valence-electron chi connectivity index (χ3n) is 2.69. The molecule has 9 heteroatoms. The Kier molecular flexibility index (Phi) is 8.54. The molecule has 0 saturated heterocycles. The molecular formula is C14H27NO7S. The van der Waals surface area contributed by atoms with Crippen molar-refractivity contribution < 1.29 is 31.7 Å². The Morgan fingerprint density at radius 1 is 1.17 bits per heavy atom. The Morgan fingerprint density at radius 3 is 2.17 bits per heavy atom. The average Bonchev–Trinajstić information content (AvgIpc) is 2.37. The van der Waals surface area contributed by atoms with E-state index in [1.54, 1.807) is 27.7 Å². The Balaban J connectivity index is 4.52. The van der Waals surface area contributed by atoms with Crippen molar-refractivity contribution >= 4 is 22.2 Å². The van der Waals surface area contributed by atoms with Crippen LogP contribution in [0.5, 0.6) is 0 Å². The molecule has 0 saturated carbocycles. The van der Waals surface area contributed by atoms with E-state index in [-0.39, 0.29) is 18.9 Å². The van der Waals surface area contributed by atoms with Crippen molar-refractivity contribution in [1.29, 1.82) is 0 Å². The summed E-state index contributed by atoms with van der Waals surface area (Å²) in [5, 5.41) is 2.46. The summed E-state index contributed by atoms with van der Waals surface area (Å²) in [4.78, 5) is 23.5. The predicted molar refractivity (Wildman–Crippen MR) is 84.4 cm³/mol. The molecule has 0 aromatic heterocycles. The molecule has 136 valence electrons. The molecule has 0 aromatic rings. The maximum Gasteiger partial charge on any atom is 0.408 e. The van der Waals surface area contributed by atoms with Gasteiger partial charge in [0, 0.05) is 0 Å². The zero-order chi connectivity index (χ0) is 18.3. The number of carbonyl (C=O) groups is 2. The summed E-state index contributed by atoms with van der Waals surface area (Å²) in [6.45, 7) is 6.94. The first-order valence-electron chi connectivity index (χ1n) is 7.26. The van der Waals surface area contributed by atoms with Crippen LogP contribution in [0.25, 0.3) is 0 Å². The summed E-state index contributed by atoms with van der Waals surface area (Å²) >= 11 is 0. The number of alkyl carbamates (subject to hydrolysis) is 1. The molecule has 2 unspecified atom stereocenters. The van der Waals surface area contributed by atoms with Crippen LogP contribution in [-0.4, -0.2) is 52.1 Å². The van der Waals surface area contributed by atoms with Gasteiger partial charge in [0.2, 0.25) is 0 Å². The predicted octanol–water partition coefficient (Wildman–Crippen LogP) is 1.45. The highest BCUT2D eigenvalue weighted by atomic mass is 32.2. The van der Waals surface area contributed by atoms with Crippen molar-refractivity contribution in [1.82, 2.24) is 5.32 Å². The molecule has 0 rings (SSSR count). The second-order valence-electron chi connectivity index (χ2n) is 6.39. The topological polar surface area (TPSA) is 108 Å². The summed E-state index contributed by atoms with van der Waals surface area (Å²) in [5.74, 6) is -0.704. The van der Waals surface area contributed by atoms with Crippen LogP contribution in [0.15, 0.2) is 0 Å². The second-order valence-corrected chi connectivity index (χ2v) is 8.04. The summed E-state index contributed by atoms with van der Waals surface area (Å²) < 4.78 is 36.3. The van der Waals surface area contributed by atoms with Crippen molar-refractivity contribution in [3.63, 3.8) is 0 Å². The molecule has 1 amide bonds. The van der Waals surface area contributed by atoms with Gasteiger partial charge < -0.3 is 14.8 Å². The third kappa shape index (κ3) is 11.8. The van der Waals surface area contributed by atoms with Gasteiger partial charge >= 0.3 is 12.1 Å². The lowest BCUT2D eigenvalue weighted by molar-refractivity contribution is -0.143. The van der Waals surface area contributed by atoms with Crippen molar-refractivity contribution in [2.45, 2.75) is 52.2 Å². The van der Waals surface area contributed by atoms with Crippen LogP contribution in [0.3, 0.4) is 0 Å². The number of rotatable bonds is 8. The molecule has 1 N–H and O–H groups in total. The smallest absolute Gasteiger partial charge is 0.408 e. The quantitative estimate of drug-likeness (QED) is 0.519. The second kappa shape index (κ2) is 9.07. The van der Waals surface area contributed by atoms with Crippen LogP contribution < -0.4 is 5.32 Å². The van der Waals surface area contributed by atoms with Crippen molar-refractivity contribution in [2.24, 2.45) is 5.92 Å². The van der Waals surface area contributed by atoms with Gasteiger partial charge in [-0.3, -0.25) is 4.18 Å². The maximum atomic E-state index is 11.7. The number of methoxy groups -OCH3 is 1. The fourth-order valence-electron chi connectivity index (χ4n) is 1.62. The first-order valence-corrected chi connectivity index (χ1v) is 9.07. The lowest BCUT2D eigenvalue weighted by Crippen LogP contribution is -2.44. The molecule has 0 fully saturated rings. The highest BCUT2D eigenvalue weighted by Crippen LogP contribution is 2.12. The monoisotopic (exact) mass is 353 g/mol. The van der Waals surface area contributed by atoms with Crippen LogP contribution in [0.4, 0.5) is 4.79 Å². The van der Waals surface area contributed by atoms with Crippen molar-refractivity contribution in [3.05, 3.63) is 0 Å². The molecule has 0 aliphatic rings.